The summed E-state index contributed by atoms with van der Waals surface area (Å²) >= 11 is 0. The van der Waals surface area contributed by atoms with Gasteiger partial charge in [0.1, 0.15) is 0 Å². The Morgan fingerprint density at radius 2 is 2.14 bits per heavy atom. The number of unbranched alkanes of at least 4 members (excludes halogenated alkanes) is 3. The van der Waals surface area contributed by atoms with Crippen molar-refractivity contribution in [1.29, 1.82) is 0 Å². The fraction of sp³-hybridized carbons (Fsp3) is 0.750. The average Bonchev–Trinajstić information content (AvgIpc) is 2.65. The van der Waals surface area contributed by atoms with Gasteiger partial charge in [0.2, 0.25) is 0 Å². The van der Waals surface area contributed by atoms with Gasteiger partial charge in [0, 0.05) is 18.9 Å². The fourth-order valence-electron chi connectivity index (χ4n) is 1.74. The molecule has 0 spiro atoms. The lowest BCUT2D eigenvalue weighted by atomic mass is 10.0. The SMILES string of the molecule is CCCCCCC(C)Cn1cccn1. The molecule has 1 unspecified atom stereocenters. The van der Waals surface area contributed by atoms with E-state index in [-0.39, 0.29) is 0 Å². The molecule has 0 saturated heterocycles. The number of rotatable bonds is 7. The Morgan fingerprint density at radius 3 is 2.79 bits per heavy atom. The van der Waals surface area contributed by atoms with Crippen LogP contribution in [-0.4, -0.2) is 9.78 Å². The second-order valence-electron chi connectivity index (χ2n) is 4.18. The lowest BCUT2D eigenvalue weighted by Gasteiger charge is -2.10. The van der Waals surface area contributed by atoms with Crippen LogP contribution >= 0.6 is 0 Å². The molecule has 0 amide bonds. The molecule has 0 N–H and O–H groups in total. The molecular weight excluding hydrogens is 172 g/mol. The Hall–Kier alpha value is -0.790. The summed E-state index contributed by atoms with van der Waals surface area (Å²) in [4.78, 5) is 0. The molecule has 0 bridgehead atoms. The van der Waals surface area contributed by atoms with Gasteiger partial charge in [0.05, 0.1) is 0 Å². The topological polar surface area (TPSA) is 17.8 Å². The second kappa shape index (κ2) is 6.63. The van der Waals surface area contributed by atoms with Gasteiger partial charge in [-0.05, 0) is 18.4 Å². The maximum atomic E-state index is 4.22. The molecule has 14 heavy (non-hydrogen) atoms. The zero-order valence-corrected chi connectivity index (χ0v) is 9.45. The highest BCUT2D eigenvalue weighted by Gasteiger charge is 2.02. The third kappa shape index (κ3) is 4.45. The maximum Gasteiger partial charge on any atom is 0.0489 e. The molecule has 2 nitrogen and oxygen atoms in total. The highest BCUT2D eigenvalue weighted by atomic mass is 15.3. The largest absolute Gasteiger partial charge is 0.272 e. The van der Waals surface area contributed by atoms with Crippen molar-refractivity contribution in [3.63, 3.8) is 0 Å². The molecule has 1 atom stereocenters. The summed E-state index contributed by atoms with van der Waals surface area (Å²) < 4.78 is 2.03. The summed E-state index contributed by atoms with van der Waals surface area (Å²) in [5.74, 6) is 0.756. The molecule has 0 aliphatic heterocycles. The molecule has 0 aliphatic rings. The van der Waals surface area contributed by atoms with E-state index in [9.17, 15) is 0 Å². The van der Waals surface area contributed by atoms with Crippen LogP contribution in [0.1, 0.15) is 46.0 Å². The first kappa shape index (κ1) is 11.3. The Labute approximate surface area is 87.3 Å². The predicted octanol–water partition coefficient (Wildman–Crippen LogP) is 3.49. The highest BCUT2D eigenvalue weighted by molar-refractivity contribution is 4.78. The van der Waals surface area contributed by atoms with Crippen molar-refractivity contribution in [1.82, 2.24) is 9.78 Å². The van der Waals surface area contributed by atoms with Gasteiger partial charge in [0.25, 0.3) is 0 Å². The van der Waals surface area contributed by atoms with Crippen LogP contribution in [0, 0.1) is 5.92 Å². The van der Waals surface area contributed by atoms with Gasteiger partial charge < -0.3 is 0 Å². The minimum Gasteiger partial charge on any atom is -0.272 e. The van der Waals surface area contributed by atoms with Crippen LogP contribution in [0.2, 0.25) is 0 Å². The van der Waals surface area contributed by atoms with Gasteiger partial charge in [-0.25, -0.2) is 0 Å². The Bertz CT molecular complexity index is 216. The van der Waals surface area contributed by atoms with Crippen LogP contribution in [0.25, 0.3) is 0 Å². The summed E-state index contributed by atoms with van der Waals surface area (Å²) in [5.41, 5.74) is 0. The molecule has 80 valence electrons. The van der Waals surface area contributed by atoms with Gasteiger partial charge in [-0.3, -0.25) is 4.68 Å². The van der Waals surface area contributed by atoms with E-state index in [0.717, 1.165) is 12.5 Å². The standard InChI is InChI=1S/C12H22N2/c1-3-4-5-6-8-12(2)11-14-10-7-9-13-14/h7,9-10,12H,3-6,8,11H2,1-2H3. The van der Waals surface area contributed by atoms with Crippen LogP contribution in [-0.2, 0) is 6.54 Å². The third-order valence-electron chi connectivity index (χ3n) is 2.61. The minimum absolute atomic E-state index is 0.756. The van der Waals surface area contributed by atoms with Crippen molar-refractivity contribution < 1.29 is 0 Å². The molecule has 1 heterocycles. The van der Waals surface area contributed by atoms with Crippen LogP contribution in [0.15, 0.2) is 18.5 Å². The van der Waals surface area contributed by atoms with E-state index in [1.54, 1.807) is 0 Å². The first-order chi connectivity index (χ1) is 6.83. The van der Waals surface area contributed by atoms with Crippen molar-refractivity contribution in [3.8, 4) is 0 Å². The van der Waals surface area contributed by atoms with Gasteiger partial charge in [-0.15, -0.1) is 0 Å². The molecule has 0 radical (unpaired) electrons. The summed E-state index contributed by atoms with van der Waals surface area (Å²) in [5, 5.41) is 4.22. The molecule has 0 aromatic carbocycles. The molecule has 1 rings (SSSR count). The molecule has 1 aromatic rings. The van der Waals surface area contributed by atoms with E-state index in [2.05, 4.69) is 18.9 Å². The maximum absolute atomic E-state index is 4.22. The minimum atomic E-state index is 0.756. The van der Waals surface area contributed by atoms with E-state index in [1.807, 2.05) is 23.1 Å². The second-order valence-corrected chi connectivity index (χ2v) is 4.18. The van der Waals surface area contributed by atoms with E-state index in [4.69, 9.17) is 0 Å². The van der Waals surface area contributed by atoms with E-state index in [1.165, 1.54) is 32.1 Å². The van der Waals surface area contributed by atoms with E-state index >= 15 is 0 Å². The molecule has 1 aromatic heterocycles. The van der Waals surface area contributed by atoms with Gasteiger partial charge in [0.15, 0.2) is 0 Å². The van der Waals surface area contributed by atoms with Gasteiger partial charge >= 0.3 is 0 Å². The van der Waals surface area contributed by atoms with Crippen LogP contribution in [0.4, 0.5) is 0 Å². The monoisotopic (exact) mass is 194 g/mol. The van der Waals surface area contributed by atoms with E-state index < -0.39 is 0 Å². The van der Waals surface area contributed by atoms with Crippen LogP contribution < -0.4 is 0 Å². The molecular formula is C12H22N2. The van der Waals surface area contributed by atoms with Crippen molar-refractivity contribution in [3.05, 3.63) is 18.5 Å². The Balaban J connectivity index is 2.07. The van der Waals surface area contributed by atoms with Crippen LogP contribution in [0.3, 0.4) is 0 Å². The quantitative estimate of drug-likeness (QED) is 0.607. The normalized spacial score (nSPS) is 13.0. The lowest BCUT2D eigenvalue weighted by molar-refractivity contribution is 0.406. The fourth-order valence-corrected chi connectivity index (χ4v) is 1.74. The summed E-state index contributed by atoms with van der Waals surface area (Å²) in [7, 11) is 0. The molecule has 0 aliphatic carbocycles. The Kier molecular flexibility index (Phi) is 5.35. The summed E-state index contributed by atoms with van der Waals surface area (Å²) in [6.45, 7) is 5.64. The van der Waals surface area contributed by atoms with Gasteiger partial charge in [-0.2, -0.15) is 5.10 Å². The zero-order chi connectivity index (χ0) is 10.2. The summed E-state index contributed by atoms with van der Waals surface area (Å²) in [6.07, 6.45) is 10.7. The number of hydrogen-bond acceptors (Lipinski definition) is 1. The van der Waals surface area contributed by atoms with Crippen molar-refractivity contribution in [2.75, 3.05) is 0 Å². The number of hydrogen-bond donors (Lipinski definition) is 0. The number of aromatic nitrogens is 2. The smallest absolute Gasteiger partial charge is 0.0489 e. The molecule has 0 saturated carbocycles. The lowest BCUT2D eigenvalue weighted by Crippen LogP contribution is -2.07. The van der Waals surface area contributed by atoms with E-state index in [0.29, 0.717) is 0 Å². The highest BCUT2D eigenvalue weighted by Crippen LogP contribution is 2.11. The summed E-state index contributed by atoms with van der Waals surface area (Å²) in [6, 6.07) is 1.99. The van der Waals surface area contributed by atoms with Crippen molar-refractivity contribution in [2.24, 2.45) is 5.92 Å². The first-order valence-electron chi connectivity index (χ1n) is 5.80. The number of nitrogens with zero attached hydrogens (tertiary/aromatic N) is 2. The van der Waals surface area contributed by atoms with Crippen molar-refractivity contribution >= 4 is 0 Å². The first-order valence-corrected chi connectivity index (χ1v) is 5.80. The molecule has 0 fully saturated rings. The molecule has 2 heteroatoms. The van der Waals surface area contributed by atoms with Gasteiger partial charge in [-0.1, -0.05) is 39.5 Å². The zero-order valence-electron chi connectivity index (χ0n) is 9.45. The average molecular weight is 194 g/mol. The van der Waals surface area contributed by atoms with Crippen molar-refractivity contribution in [2.45, 2.75) is 52.5 Å². The third-order valence-corrected chi connectivity index (χ3v) is 2.61. The van der Waals surface area contributed by atoms with Crippen LogP contribution in [0.5, 0.6) is 0 Å². The predicted molar refractivity (Wildman–Crippen MR) is 60.2 cm³/mol. The Morgan fingerprint density at radius 1 is 1.29 bits per heavy atom.